The fraction of sp³-hybridized carbons (Fsp3) is 0.167. The molecule has 0 fully saturated rings. The molecule has 1 heterocycles. The van der Waals surface area contributed by atoms with E-state index in [9.17, 15) is 0 Å². The zero-order valence-corrected chi connectivity index (χ0v) is 12.9. The van der Waals surface area contributed by atoms with Crippen LogP contribution in [-0.2, 0) is 0 Å². The van der Waals surface area contributed by atoms with E-state index >= 15 is 0 Å². The standard InChI is InChI=1S/C12H13BrN4OS/c1-7-3-10(18-2)8(4-9(7)13)5-15-17-12-16-11(14)6-19-12/h3-6H,14H2,1-2H3,(H,16,17). The molecule has 0 saturated heterocycles. The molecule has 5 nitrogen and oxygen atoms in total. The van der Waals surface area contributed by atoms with Crippen molar-refractivity contribution in [3.63, 3.8) is 0 Å². The highest BCUT2D eigenvalue weighted by Crippen LogP contribution is 2.25. The summed E-state index contributed by atoms with van der Waals surface area (Å²) in [5, 5.41) is 6.52. The summed E-state index contributed by atoms with van der Waals surface area (Å²) in [6.45, 7) is 2.00. The minimum Gasteiger partial charge on any atom is -0.496 e. The number of aromatic nitrogens is 1. The molecule has 0 amide bonds. The molecule has 7 heteroatoms. The predicted molar refractivity (Wildman–Crippen MR) is 83.2 cm³/mol. The fourth-order valence-electron chi connectivity index (χ4n) is 1.44. The van der Waals surface area contributed by atoms with Gasteiger partial charge in [-0.2, -0.15) is 5.10 Å². The van der Waals surface area contributed by atoms with Crippen molar-refractivity contribution in [2.45, 2.75) is 6.92 Å². The van der Waals surface area contributed by atoms with Crippen LogP contribution in [0, 0.1) is 6.92 Å². The molecule has 0 unspecified atom stereocenters. The number of halogens is 1. The number of nitrogen functional groups attached to an aromatic ring is 1. The van der Waals surface area contributed by atoms with Gasteiger partial charge in [-0.15, -0.1) is 11.3 Å². The summed E-state index contributed by atoms with van der Waals surface area (Å²) in [7, 11) is 1.63. The highest BCUT2D eigenvalue weighted by Gasteiger charge is 2.04. The van der Waals surface area contributed by atoms with Crippen LogP contribution in [0.25, 0.3) is 0 Å². The van der Waals surface area contributed by atoms with E-state index in [0.29, 0.717) is 10.9 Å². The molecule has 1 aromatic carbocycles. The Hall–Kier alpha value is -1.60. The molecule has 100 valence electrons. The highest BCUT2D eigenvalue weighted by molar-refractivity contribution is 9.10. The minimum absolute atomic E-state index is 0.485. The number of nitrogens with zero attached hydrogens (tertiary/aromatic N) is 2. The first kappa shape index (κ1) is 13.8. The monoisotopic (exact) mass is 340 g/mol. The Bertz CT molecular complexity index is 612. The van der Waals surface area contributed by atoms with Crippen molar-refractivity contribution in [1.82, 2.24) is 4.98 Å². The number of nitrogens with two attached hydrogens (primary N) is 1. The lowest BCUT2D eigenvalue weighted by Gasteiger charge is -2.07. The van der Waals surface area contributed by atoms with Gasteiger partial charge in [-0.05, 0) is 24.6 Å². The predicted octanol–water partition coefficient (Wildman–Crippen LogP) is 3.25. The maximum absolute atomic E-state index is 5.52. The molecule has 0 bridgehead atoms. The molecule has 19 heavy (non-hydrogen) atoms. The summed E-state index contributed by atoms with van der Waals surface area (Å²) in [6.07, 6.45) is 1.68. The molecule has 0 spiro atoms. The van der Waals surface area contributed by atoms with Gasteiger partial charge in [-0.25, -0.2) is 4.98 Å². The molecule has 1 aromatic heterocycles. The average Bonchev–Trinajstić information content (AvgIpc) is 2.79. The normalized spacial score (nSPS) is 10.9. The van der Waals surface area contributed by atoms with Crippen LogP contribution < -0.4 is 15.9 Å². The van der Waals surface area contributed by atoms with Crippen LogP contribution in [0.15, 0.2) is 27.1 Å². The minimum atomic E-state index is 0.485. The number of nitrogens with one attached hydrogen (secondary N) is 1. The number of aryl methyl sites for hydroxylation is 1. The van der Waals surface area contributed by atoms with Gasteiger partial charge in [-0.1, -0.05) is 15.9 Å². The summed E-state index contributed by atoms with van der Waals surface area (Å²) in [5.74, 6) is 1.25. The third-order valence-electron chi connectivity index (χ3n) is 2.40. The van der Waals surface area contributed by atoms with E-state index in [-0.39, 0.29) is 0 Å². The number of thiazole rings is 1. The second kappa shape index (κ2) is 6.03. The van der Waals surface area contributed by atoms with Crippen LogP contribution in [0.1, 0.15) is 11.1 Å². The van der Waals surface area contributed by atoms with Crippen molar-refractivity contribution in [1.29, 1.82) is 0 Å². The lowest BCUT2D eigenvalue weighted by Crippen LogP contribution is -1.95. The molecule has 0 radical (unpaired) electrons. The average molecular weight is 341 g/mol. The molecule has 3 N–H and O–H groups in total. The number of hydrazone groups is 1. The summed E-state index contributed by atoms with van der Waals surface area (Å²) < 4.78 is 6.32. The summed E-state index contributed by atoms with van der Waals surface area (Å²) >= 11 is 4.88. The Balaban J connectivity index is 2.16. The van der Waals surface area contributed by atoms with Gasteiger partial charge in [0.15, 0.2) is 0 Å². The molecule has 0 aliphatic carbocycles. The Morgan fingerprint density at radius 1 is 1.53 bits per heavy atom. The first-order valence-corrected chi connectivity index (χ1v) is 7.11. The van der Waals surface area contributed by atoms with E-state index in [1.807, 2.05) is 19.1 Å². The van der Waals surface area contributed by atoms with E-state index in [1.165, 1.54) is 11.3 Å². The van der Waals surface area contributed by atoms with Crippen LogP contribution in [-0.4, -0.2) is 18.3 Å². The van der Waals surface area contributed by atoms with Crippen LogP contribution >= 0.6 is 27.3 Å². The number of rotatable bonds is 4. The largest absolute Gasteiger partial charge is 0.496 e. The Morgan fingerprint density at radius 2 is 2.32 bits per heavy atom. The van der Waals surface area contributed by atoms with Crippen molar-refractivity contribution < 1.29 is 4.74 Å². The quantitative estimate of drug-likeness (QED) is 0.661. The zero-order chi connectivity index (χ0) is 13.8. The second-order valence-electron chi connectivity index (χ2n) is 3.79. The topological polar surface area (TPSA) is 72.5 Å². The maximum Gasteiger partial charge on any atom is 0.205 e. The second-order valence-corrected chi connectivity index (χ2v) is 5.50. The number of hydrogen-bond donors (Lipinski definition) is 2. The first-order valence-electron chi connectivity index (χ1n) is 5.44. The van der Waals surface area contributed by atoms with E-state index < -0.39 is 0 Å². The van der Waals surface area contributed by atoms with E-state index in [2.05, 4.69) is 31.4 Å². The molecular weight excluding hydrogens is 328 g/mol. The van der Waals surface area contributed by atoms with Gasteiger partial charge in [0.05, 0.1) is 13.3 Å². The maximum atomic E-state index is 5.52. The number of ether oxygens (including phenoxy) is 1. The number of benzene rings is 1. The Labute approximate surface area is 123 Å². The van der Waals surface area contributed by atoms with Crippen molar-refractivity contribution in [2.24, 2.45) is 5.10 Å². The van der Waals surface area contributed by atoms with Gasteiger partial charge in [0.25, 0.3) is 0 Å². The smallest absolute Gasteiger partial charge is 0.205 e. The summed E-state index contributed by atoms with van der Waals surface area (Å²) in [6, 6.07) is 3.91. The van der Waals surface area contributed by atoms with E-state index in [1.54, 1.807) is 18.7 Å². The van der Waals surface area contributed by atoms with Gasteiger partial charge in [0, 0.05) is 15.4 Å². The van der Waals surface area contributed by atoms with Crippen molar-refractivity contribution in [3.8, 4) is 5.75 Å². The van der Waals surface area contributed by atoms with Gasteiger partial charge in [0.1, 0.15) is 11.6 Å². The number of methoxy groups -OCH3 is 1. The summed E-state index contributed by atoms with van der Waals surface area (Å²) in [4.78, 5) is 4.05. The van der Waals surface area contributed by atoms with Crippen molar-refractivity contribution in [2.75, 3.05) is 18.3 Å². The van der Waals surface area contributed by atoms with Gasteiger partial charge in [0.2, 0.25) is 5.13 Å². The molecule has 0 atom stereocenters. The lowest BCUT2D eigenvalue weighted by atomic mass is 10.1. The fourth-order valence-corrected chi connectivity index (χ4v) is 2.35. The number of anilines is 2. The molecule has 2 aromatic rings. The first-order chi connectivity index (χ1) is 9.10. The van der Waals surface area contributed by atoms with E-state index in [4.69, 9.17) is 10.5 Å². The number of hydrogen-bond acceptors (Lipinski definition) is 6. The van der Waals surface area contributed by atoms with Gasteiger partial charge < -0.3 is 10.5 Å². The Morgan fingerprint density at radius 3 is 2.95 bits per heavy atom. The van der Waals surface area contributed by atoms with Crippen LogP contribution in [0.4, 0.5) is 10.9 Å². The Kier molecular flexibility index (Phi) is 4.39. The SMILES string of the molecule is COc1cc(C)c(Br)cc1C=NNc1nc(N)cs1. The third-order valence-corrected chi connectivity index (χ3v) is 4.02. The van der Waals surface area contributed by atoms with Crippen LogP contribution in [0.2, 0.25) is 0 Å². The zero-order valence-electron chi connectivity index (χ0n) is 10.5. The van der Waals surface area contributed by atoms with Gasteiger partial charge >= 0.3 is 0 Å². The molecular formula is C12H13BrN4OS. The highest BCUT2D eigenvalue weighted by atomic mass is 79.9. The van der Waals surface area contributed by atoms with Crippen LogP contribution in [0.3, 0.4) is 0 Å². The third kappa shape index (κ3) is 3.45. The summed E-state index contributed by atoms with van der Waals surface area (Å²) in [5.41, 5.74) is 10.3. The van der Waals surface area contributed by atoms with Crippen molar-refractivity contribution >= 4 is 44.4 Å². The molecule has 0 aliphatic heterocycles. The van der Waals surface area contributed by atoms with Crippen LogP contribution in [0.5, 0.6) is 5.75 Å². The molecule has 0 saturated carbocycles. The lowest BCUT2D eigenvalue weighted by molar-refractivity contribution is 0.413. The van der Waals surface area contributed by atoms with Gasteiger partial charge in [-0.3, -0.25) is 5.43 Å². The van der Waals surface area contributed by atoms with Crippen molar-refractivity contribution in [3.05, 3.63) is 33.1 Å². The molecule has 2 rings (SSSR count). The molecule has 0 aliphatic rings. The van der Waals surface area contributed by atoms with E-state index in [0.717, 1.165) is 21.3 Å².